The van der Waals surface area contributed by atoms with Gasteiger partial charge in [-0.05, 0) is 44.9 Å². The number of benzene rings is 1. The number of rotatable bonds is 2. The van der Waals surface area contributed by atoms with Crippen LogP contribution in [0.5, 0.6) is 0 Å². The van der Waals surface area contributed by atoms with Crippen LogP contribution in [0.3, 0.4) is 0 Å². The lowest BCUT2D eigenvalue weighted by molar-refractivity contribution is 0.00621. The highest BCUT2D eigenvalue weighted by Gasteiger charge is 2.26. The minimum atomic E-state index is -0.166. The van der Waals surface area contributed by atoms with Crippen LogP contribution in [0.15, 0.2) is 18.2 Å². The fourth-order valence-corrected chi connectivity index (χ4v) is 3.21. The maximum absolute atomic E-state index is 9.13. The van der Waals surface area contributed by atoms with Crippen molar-refractivity contribution < 1.29 is 4.74 Å². The molecule has 0 bridgehead atoms. The summed E-state index contributed by atoms with van der Waals surface area (Å²) in [5.74, 6) is 0.876. The molecule has 2 aromatic rings. The summed E-state index contributed by atoms with van der Waals surface area (Å²) >= 11 is 6.33. The summed E-state index contributed by atoms with van der Waals surface area (Å²) in [6.07, 6.45) is 2.13. The van der Waals surface area contributed by atoms with Crippen LogP contribution in [-0.4, -0.2) is 22.3 Å². The molecule has 3 unspecified atom stereocenters. The number of aromatic nitrogens is 2. The lowest BCUT2D eigenvalue weighted by Gasteiger charge is -2.30. The van der Waals surface area contributed by atoms with E-state index in [4.69, 9.17) is 21.6 Å². The first kappa shape index (κ1) is 14.4. The predicted molar refractivity (Wildman–Crippen MR) is 82.4 cm³/mol. The van der Waals surface area contributed by atoms with E-state index in [0.29, 0.717) is 11.6 Å². The van der Waals surface area contributed by atoms with Crippen molar-refractivity contribution in [2.24, 2.45) is 0 Å². The van der Waals surface area contributed by atoms with E-state index >= 15 is 0 Å². The van der Waals surface area contributed by atoms with Crippen molar-refractivity contribution in [3.05, 3.63) is 29.6 Å². The van der Waals surface area contributed by atoms with Gasteiger partial charge in [-0.2, -0.15) is 5.26 Å². The molecule has 5 heteroatoms. The molecule has 2 heterocycles. The van der Waals surface area contributed by atoms with Crippen LogP contribution < -0.4 is 0 Å². The molecular formula is C16H18ClN3O. The van der Waals surface area contributed by atoms with Gasteiger partial charge >= 0.3 is 0 Å². The summed E-state index contributed by atoms with van der Waals surface area (Å²) in [6, 6.07) is 8.13. The highest BCUT2D eigenvalue weighted by atomic mass is 35.5. The summed E-state index contributed by atoms with van der Waals surface area (Å²) in [5.41, 5.74) is 2.55. The van der Waals surface area contributed by atoms with Crippen LogP contribution in [0.4, 0.5) is 0 Å². The van der Waals surface area contributed by atoms with Crippen LogP contribution in [0, 0.1) is 11.3 Å². The summed E-state index contributed by atoms with van der Waals surface area (Å²) < 4.78 is 7.86. The highest BCUT2D eigenvalue weighted by Crippen LogP contribution is 2.34. The zero-order chi connectivity index (χ0) is 15.0. The van der Waals surface area contributed by atoms with Gasteiger partial charge in [0.1, 0.15) is 5.82 Å². The van der Waals surface area contributed by atoms with E-state index < -0.39 is 0 Å². The maximum atomic E-state index is 9.13. The van der Waals surface area contributed by atoms with E-state index in [1.807, 2.05) is 19.1 Å². The molecule has 21 heavy (non-hydrogen) atoms. The third-order valence-corrected chi connectivity index (χ3v) is 4.22. The second-order valence-electron chi connectivity index (χ2n) is 5.63. The summed E-state index contributed by atoms with van der Waals surface area (Å²) in [5, 5.41) is 8.96. The molecule has 4 nitrogen and oxygen atoms in total. The van der Waals surface area contributed by atoms with Gasteiger partial charge in [-0.1, -0.05) is 0 Å². The molecule has 0 N–H and O–H groups in total. The largest absolute Gasteiger partial charge is 0.378 e. The molecule has 0 saturated carbocycles. The van der Waals surface area contributed by atoms with Gasteiger partial charge in [0.15, 0.2) is 0 Å². The minimum Gasteiger partial charge on any atom is -0.378 e. The van der Waals surface area contributed by atoms with Gasteiger partial charge < -0.3 is 9.30 Å². The second-order valence-corrected chi connectivity index (χ2v) is 6.29. The van der Waals surface area contributed by atoms with E-state index in [-0.39, 0.29) is 11.5 Å². The zero-order valence-corrected chi connectivity index (χ0v) is 13.0. The van der Waals surface area contributed by atoms with Crippen LogP contribution in [0.2, 0.25) is 0 Å². The number of hydrogen-bond acceptors (Lipinski definition) is 3. The smallest absolute Gasteiger partial charge is 0.127 e. The Labute approximate surface area is 129 Å². The fraction of sp³-hybridized carbons (Fsp3) is 0.500. The Kier molecular flexibility index (Phi) is 3.88. The Balaban J connectivity index is 2.17. The third-order valence-electron chi connectivity index (χ3n) is 4.02. The number of nitriles is 1. The first-order valence-electron chi connectivity index (χ1n) is 7.27. The molecule has 1 aromatic heterocycles. The monoisotopic (exact) mass is 303 g/mol. The Morgan fingerprint density at radius 2 is 2.33 bits per heavy atom. The number of nitrogens with zero attached hydrogens (tertiary/aromatic N) is 3. The molecule has 0 radical (unpaired) electrons. The standard InChI is InChI=1S/C16H18ClN3O/c1-10-7-13(5-6-21-10)20-15-8-12(9-18)3-4-14(15)19-16(20)11(2)17/h3-4,8,10-11,13H,5-7H2,1-2H3. The summed E-state index contributed by atoms with van der Waals surface area (Å²) in [4.78, 5) is 4.67. The molecule has 3 rings (SSSR count). The first-order chi connectivity index (χ1) is 10.1. The van der Waals surface area contributed by atoms with Gasteiger partial charge in [-0.3, -0.25) is 0 Å². The van der Waals surface area contributed by atoms with E-state index in [1.54, 1.807) is 6.07 Å². The van der Waals surface area contributed by atoms with Crippen molar-refractivity contribution >= 4 is 22.6 Å². The van der Waals surface area contributed by atoms with Crippen molar-refractivity contribution in [3.63, 3.8) is 0 Å². The van der Waals surface area contributed by atoms with Gasteiger partial charge in [0.2, 0.25) is 0 Å². The molecule has 1 fully saturated rings. The predicted octanol–water partition coefficient (Wildman–Crippen LogP) is 3.95. The van der Waals surface area contributed by atoms with Gasteiger partial charge in [-0.15, -0.1) is 11.6 Å². The highest BCUT2D eigenvalue weighted by molar-refractivity contribution is 6.20. The topological polar surface area (TPSA) is 50.8 Å². The normalized spacial score (nSPS) is 23.9. The summed E-state index contributed by atoms with van der Waals surface area (Å²) in [7, 11) is 0. The Morgan fingerprint density at radius 3 is 3.00 bits per heavy atom. The average molecular weight is 304 g/mol. The average Bonchev–Trinajstić information content (AvgIpc) is 2.85. The molecule has 1 aromatic carbocycles. The Hall–Kier alpha value is -1.57. The van der Waals surface area contributed by atoms with Gasteiger partial charge in [0, 0.05) is 12.6 Å². The van der Waals surface area contributed by atoms with E-state index in [0.717, 1.165) is 36.3 Å². The van der Waals surface area contributed by atoms with Crippen molar-refractivity contribution in [1.29, 1.82) is 5.26 Å². The number of halogens is 1. The number of hydrogen-bond donors (Lipinski definition) is 0. The molecule has 0 amide bonds. The number of alkyl halides is 1. The number of imidazole rings is 1. The maximum Gasteiger partial charge on any atom is 0.127 e. The summed E-state index contributed by atoms with van der Waals surface area (Å²) in [6.45, 7) is 4.78. The Morgan fingerprint density at radius 1 is 1.52 bits per heavy atom. The second kappa shape index (κ2) is 5.67. The minimum absolute atomic E-state index is 0.166. The molecular weight excluding hydrogens is 286 g/mol. The van der Waals surface area contributed by atoms with Crippen molar-refractivity contribution in [3.8, 4) is 6.07 Å². The fourth-order valence-electron chi connectivity index (χ4n) is 3.05. The van der Waals surface area contributed by atoms with E-state index in [2.05, 4.69) is 22.5 Å². The lowest BCUT2D eigenvalue weighted by Crippen LogP contribution is -2.26. The van der Waals surface area contributed by atoms with Crippen LogP contribution >= 0.6 is 11.6 Å². The first-order valence-corrected chi connectivity index (χ1v) is 7.71. The van der Waals surface area contributed by atoms with Crippen molar-refractivity contribution in [1.82, 2.24) is 9.55 Å². The zero-order valence-electron chi connectivity index (χ0n) is 12.2. The molecule has 1 aliphatic heterocycles. The third kappa shape index (κ3) is 2.64. The van der Waals surface area contributed by atoms with Crippen LogP contribution in [0.1, 0.15) is 49.5 Å². The van der Waals surface area contributed by atoms with Gasteiger partial charge in [0.05, 0.1) is 34.1 Å². The number of fused-ring (bicyclic) bond motifs is 1. The van der Waals surface area contributed by atoms with Gasteiger partial charge in [0.25, 0.3) is 0 Å². The Bertz CT molecular complexity index is 701. The number of ether oxygens (including phenoxy) is 1. The van der Waals surface area contributed by atoms with E-state index in [9.17, 15) is 0 Å². The quantitative estimate of drug-likeness (QED) is 0.789. The molecule has 1 saturated heterocycles. The lowest BCUT2D eigenvalue weighted by atomic mass is 10.0. The molecule has 0 spiro atoms. The SMILES string of the molecule is CC1CC(n2c(C(C)Cl)nc3ccc(C#N)cc32)CCO1. The molecule has 0 aliphatic carbocycles. The van der Waals surface area contributed by atoms with Gasteiger partial charge in [-0.25, -0.2) is 4.98 Å². The van der Waals surface area contributed by atoms with Crippen LogP contribution in [-0.2, 0) is 4.74 Å². The molecule has 3 atom stereocenters. The van der Waals surface area contributed by atoms with Crippen molar-refractivity contribution in [2.45, 2.75) is 44.2 Å². The van der Waals surface area contributed by atoms with Crippen LogP contribution in [0.25, 0.3) is 11.0 Å². The molecule has 1 aliphatic rings. The molecule has 110 valence electrons. The van der Waals surface area contributed by atoms with Crippen molar-refractivity contribution in [2.75, 3.05) is 6.61 Å². The van der Waals surface area contributed by atoms with E-state index in [1.165, 1.54) is 0 Å².